The van der Waals surface area contributed by atoms with Crippen molar-refractivity contribution in [1.29, 1.82) is 0 Å². The number of rotatable bonds is 5. The molecule has 0 saturated carbocycles. The average molecular weight is 289 g/mol. The Bertz CT molecular complexity index is 369. The highest BCUT2D eigenvalue weighted by atomic mass is 32.2. The molecular formula is C13H27N3O2S. The van der Waals surface area contributed by atoms with Crippen LogP contribution in [0.5, 0.6) is 0 Å². The summed E-state index contributed by atoms with van der Waals surface area (Å²) in [6.07, 6.45) is 4.70. The number of piperidine rings is 1. The van der Waals surface area contributed by atoms with Crippen LogP contribution in [-0.4, -0.2) is 56.7 Å². The summed E-state index contributed by atoms with van der Waals surface area (Å²) in [4.78, 5) is 0. The van der Waals surface area contributed by atoms with Crippen LogP contribution in [0.1, 0.15) is 39.0 Å². The van der Waals surface area contributed by atoms with Crippen LogP contribution in [0.15, 0.2) is 0 Å². The maximum absolute atomic E-state index is 12.6. The molecule has 0 radical (unpaired) electrons. The second kappa shape index (κ2) is 6.52. The maximum atomic E-state index is 12.6. The van der Waals surface area contributed by atoms with Gasteiger partial charge in [0.25, 0.3) is 0 Å². The Morgan fingerprint density at radius 3 is 2.53 bits per heavy atom. The third-order valence-corrected chi connectivity index (χ3v) is 6.40. The average Bonchev–Trinajstić information content (AvgIpc) is 2.40. The van der Waals surface area contributed by atoms with Gasteiger partial charge < -0.3 is 10.6 Å². The lowest BCUT2D eigenvalue weighted by molar-refractivity contribution is 0.108. The van der Waals surface area contributed by atoms with E-state index in [2.05, 4.69) is 17.6 Å². The highest BCUT2D eigenvalue weighted by Crippen LogP contribution is 2.30. The fourth-order valence-electron chi connectivity index (χ4n) is 3.22. The zero-order chi connectivity index (χ0) is 13.8. The molecule has 2 N–H and O–H groups in total. The first-order valence-corrected chi connectivity index (χ1v) is 9.14. The molecule has 0 aromatic rings. The van der Waals surface area contributed by atoms with Crippen molar-refractivity contribution in [3.8, 4) is 0 Å². The molecule has 6 heteroatoms. The molecular weight excluding hydrogens is 262 g/mol. The van der Waals surface area contributed by atoms with E-state index in [0.717, 1.165) is 58.3 Å². The van der Waals surface area contributed by atoms with E-state index in [4.69, 9.17) is 0 Å². The molecule has 0 aromatic carbocycles. The molecule has 1 spiro atoms. The van der Waals surface area contributed by atoms with E-state index in [9.17, 15) is 8.42 Å². The van der Waals surface area contributed by atoms with Crippen molar-refractivity contribution in [2.45, 2.75) is 44.6 Å². The minimum atomic E-state index is -3.10. The van der Waals surface area contributed by atoms with Crippen molar-refractivity contribution in [3.63, 3.8) is 0 Å². The smallest absolute Gasteiger partial charge is 0.214 e. The zero-order valence-electron chi connectivity index (χ0n) is 12.0. The molecule has 2 aliphatic rings. The van der Waals surface area contributed by atoms with Gasteiger partial charge in [-0.3, -0.25) is 0 Å². The predicted octanol–water partition coefficient (Wildman–Crippen LogP) is 0.534. The Hall–Kier alpha value is -0.170. The van der Waals surface area contributed by atoms with Crippen LogP contribution >= 0.6 is 0 Å². The lowest BCUT2D eigenvalue weighted by atomic mass is 9.87. The largest absolute Gasteiger partial charge is 0.317 e. The highest BCUT2D eigenvalue weighted by molar-refractivity contribution is 7.89. The van der Waals surface area contributed by atoms with Crippen molar-refractivity contribution >= 4 is 10.0 Å². The molecule has 0 unspecified atom stereocenters. The monoisotopic (exact) mass is 289 g/mol. The summed E-state index contributed by atoms with van der Waals surface area (Å²) < 4.78 is 27.0. The minimum Gasteiger partial charge on any atom is -0.317 e. The first-order valence-electron chi connectivity index (χ1n) is 7.53. The Morgan fingerprint density at radius 1 is 1.11 bits per heavy atom. The van der Waals surface area contributed by atoms with E-state index in [1.807, 2.05) is 4.31 Å². The number of piperazine rings is 1. The van der Waals surface area contributed by atoms with E-state index in [-0.39, 0.29) is 5.54 Å². The number of sulfonamides is 1. The lowest BCUT2D eigenvalue weighted by Crippen LogP contribution is -2.66. The molecule has 0 aromatic heterocycles. The second-order valence-corrected chi connectivity index (χ2v) is 7.76. The summed E-state index contributed by atoms with van der Waals surface area (Å²) in [5.41, 5.74) is -0.172. The quantitative estimate of drug-likeness (QED) is 0.725. The van der Waals surface area contributed by atoms with Gasteiger partial charge in [0, 0.05) is 19.6 Å². The highest BCUT2D eigenvalue weighted by Gasteiger charge is 2.45. The van der Waals surface area contributed by atoms with E-state index < -0.39 is 10.0 Å². The van der Waals surface area contributed by atoms with Crippen molar-refractivity contribution in [2.75, 3.05) is 38.5 Å². The molecule has 0 amide bonds. The maximum Gasteiger partial charge on any atom is 0.214 e. The van der Waals surface area contributed by atoms with Crippen molar-refractivity contribution in [2.24, 2.45) is 0 Å². The lowest BCUT2D eigenvalue weighted by Gasteiger charge is -2.48. The molecule has 2 saturated heterocycles. The molecule has 0 bridgehead atoms. The number of nitrogens with one attached hydrogen (secondary N) is 2. The fourth-order valence-corrected chi connectivity index (χ4v) is 5.22. The Labute approximate surface area is 117 Å². The first-order chi connectivity index (χ1) is 9.11. The third kappa shape index (κ3) is 3.48. The summed E-state index contributed by atoms with van der Waals surface area (Å²) >= 11 is 0. The molecule has 112 valence electrons. The van der Waals surface area contributed by atoms with Crippen molar-refractivity contribution in [1.82, 2.24) is 14.9 Å². The molecule has 0 atom stereocenters. The number of hydrogen-bond donors (Lipinski definition) is 2. The van der Waals surface area contributed by atoms with Gasteiger partial charge in [0.15, 0.2) is 0 Å². The fraction of sp³-hybridized carbons (Fsp3) is 1.00. The molecule has 2 rings (SSSR count). The van der Waals surface area contributed by atoms with Crippen LogP contribution in [0.4, 0.5) is 0 Å². The summed E-state index contributed by atoms with van der Waals surface area (Å²) in [5.74, 6) is 0.315. The van der Waals surface area contributed by atoms with E-state index in [1.165, 1.54) is 0 Å². The predicted molar refractivity (Wildman–Crippen MR) is 77.7 cm³/mol. The van der Waals surface area contributed by atoms with E-state index >= 15 is 0 Å². The van der Waals surface area contributed by atoms with Crippen LogP contribution in [0.25, 0.3) is 0 Å². The van der Waals surface area contributed by atoms with Crippen LogP contribution in [0, 0.1) is 0 Å². The zero-order valence-corrected chi connectivity index (χ0v) is 12.8. The Kier molecular flexibility index (Phi) is 5.22. The first kappa shape index (κ1) is 15.2. The van der Waals surface area contributed by atoms with Crippen LogP contribution in [0.3, 0.4) is 0 Å². The second-order valence-electron chi connectivity index (χ2n) is 5.75. The van der Waals surface area contributed by atoms with Crippen LogP contribution in [-0.2, 0) is 10.0 Å². The van der Waals surface area contributed by atoms with Crippen LogP contribution in [0.2, 0.25) is 0 Å². The van der Waals surface area contributed by atoms with Crippen molar-refractivity contribution in [3.05, 3.63) is 0 Å². The van der Waals surface area contributed by atoms with E-state index in [0.29, 0.717) is 12.3 Å². The van der Waals surface area contributed by atoms with Crippen LogP contribution < -0.4 is 10.6 Å². The molecule has 5 nitrogen and oxygen atoms in total. The third-order valence-electron chi connectivity index (χ3n) is 4.35. The number of nitrogens with zero attached hydrogens (tertiary/aromatic N) is 1. The molecule has 19 heavy (non-hydrogen) atoms. The molecule has 2 heterocycles. The molecule has 0 aliphatic carbocycles. The van der Waals surface area contributed by atoms with Gasteiger partial charge in [-0.1, -0.05) is 19.8 Å². The number of hydrogen-bond acceptors (Lipinski definition) is 4. The van der Waals surface area contributed by atoms with Gasteiger partial charge in [-0.25, -0.2) is 8.42 Å². The van der Waals surface area contributed by atoms with Gasteiger partial charge in [0.2, 0.25) is 10.0 Å². The SMILES string of the molecule is CCCCCS(=O)(=O)N1CCNCC12CCNCC2. The Balaban J connectivity index is 2.10. The standard InChI is InChI=1S/C13H27N3O2S/c1-2-3-4-11-19(17,18)16-10-9-15-12-13(16)5-7-14-8-6-13/h14-15H,2-12H2,1H3. The summed E-state index contributed by atoms with van der Waals surface area (Å²) in [5, 5.41) is 6.71. The van der Waals surface area contributed by atoms with Gasteiger partial charge in [0.05, 0.1) is 11.3 Å². The van der Waals surface area contributed by atoms with E-state index in [1.54, 1.807) is 0 Å². The molecule has 2 aliphatic heterocycles. The van der Waals surface area contributed by atoms with Gasteiger partial charge >= 0.3 is 0 Å². The topological polar surface area (TPSA) is 61.4 Å². The number of unbranched alkanes of at least 4 members (excludes halogenated alkanes) is 2. The molecule has 2 fully saturated rings. The van der Waals surface area contributed by atoms with Gasteiger partial charge in [-0.05, 0) is 32.4 Å². The van der Waals surface area contributed by atoms with Crippen molar-refractivity contribution < 1.29 is 8.42 Å². The van der Waals surface area contributed by atoms with Gasteiger partial charge in [0.1, 0.15) is 0 Å². The minimum absolute atomic E-state index is 0.172. The summed E-state index contributed by atoms with van der Waals surface area (Å²) in [7, 11) is -3.10. The summed E-state index contributed by atoms with van der Waals surface area (Å²) in [6, 6.07) is 0. The summed E-state index contributed by atoms with van der Waals surface area (Å²) in [6.45, 7) is 6.16. The Morgan fingerprint density at radius 2 is 1.84 bits per heavy atom. The van der Waals surface area contributed by atoms with Gasteiger partial charge in [-0.15, -0.1) is 0 Å². The van der Waals surface area contributed by atoms with Gasteiger partial charge in [-0.2, -0.15) is 4.31 Å². The normalized spacial score (nSPS) is 24.7.